The summed E-state index contributed by atoms with van der Waals surface area (Å²) in [5.41, 5.74) is 0.838. The van der Waals surface area contributed by atoms with Crippen molar-refractivity contribution in [3.05, 3.63) is 58.9 Å². The van der Waals surface area contributed by atoms with E-state index >= 15 is 0 Å². The van der Waals surface area contributed by atoms with E-state index < -0.39 is 17.7 Å². The lowest BCUT2D eigenvalue weighted by atomic mass is 10.2. The summed E-state index contributed by atoms with van der Waals surface area (Å²) in [6, 6.07) is 0.178. The van der Waals surface area contributed by atoms with Crippen molar-refractivity contribution in [2.45, 2.75) is 32.9 Å². The molecule has 10 heteroatoms. The molecule has 0 aliphatic rings. The molecule has 3 heterocycles. The van der Waals surface area contributed by atoms with Gasteiger partial charge in [-0.25, -0.2) is 18.7 Å². The van der Waals surface area contributed by atoms with Crippen LogP contribution in [-0.4, -0.2) is 29.5 Å². The lowest BCUT2D eigenvalue weighted by Crippen LogP contribution is -2.14. The lowest BCUT2D eigenvalue weighted by Gasteiger charge is -2.14. The Morgan fingerprint density at radius 1 is 1.23 bits per heavy atom. The van der Waals surface area contributed by atoms with E-state index in [1.807, 2.05) is 17.7 Å². The average Bonchev–Trinajstić information content (AvgIpc) is 3.01. The lowest BCUT2D eigenvalue weighted by molar-refractivity contribution is 0.549. The van der Waals surface area contributed by atoms with Gasteiger partial charge in [-0.1, -0.05) is 0 Å². The van der Waals surface area contributed by atoms with Gasteiger partial charge in [0, 0.05) is 18.8 Å². The van der Waals surface area contributed by atoms with Crippen LogP contribution < -0.4 is 5.32 Å². The van der Waals surface area contributed by atoms with Gasteiger partial charge in [0.15, 0.2) is 0 Å². The van der Waals surface area contributed by atoms with Crippen LogP contribution in [0.25, 0.3) is 0 Å². The molecule has 26 heavy (non-hydrogen) atoms. The molecule has 0 unspecified atom stereocenters. The first kappa shape index (κ1) is 18.1. The number of aryl methyl sites for hydroxylation is 1. The van der Waals surface area contributed by atoms with E-state index in [0.29, 0.717) is 12.2 Å². The number of anilines is 1. The third-order valence-electron chi connectivity index (χ3n) is 3.64. The SMILES string of the molecule is CCn1cnc(Cc2nc(Cl)nc(N[C@@H](C)c3ncc(F)cc3F)n2)c1. The number of nitrogens with one attached hydrogen (secondary N) is 1. The maximum absolute atomic E-state index is 13.9. The first-order valence-electron chi connectivity index (χ1n) is 7.93. The quantitative estimate of drug-likeness (QED) is 0.708. The van der Waals surface area contributed by atoms with Gasteiger partial charge in [0.05, 0.1) is 36.4 Å². The fourth-order valence-corrected chi connectivity index (χ4v) is 2.55. The molecule has 0 aliphatic heterocycles. The van der Waals surface area contributed by atoms with Crippen LogP contribution in [0.1, 0.15) is 37.1 Å². The molecule has 1 atom stereocenters. The second-order valence-electron chi connectivity index (χ2n) is 5.60. The van der Waals surface area contributed by atoms with E-state index in [0.717, 1.165) is 24.5 Å². The molecule has 0 bridgehead atoms. The third-order valence-corrected chi connectivity index (χ3v) is 3.81. The Hall–Kier alpha value is -2.68. The van der Waals surface area contributed by atoms with Crippen molar-refractivity contribution in [1.82, 2.24) is 29.5 Å². The van der Waals surface area contributed by atoms with Crippen LogP contribution in [0.5, 0.6) is 0 Å². The van der Waals surface area contributed by atoms with E-state index in [1.54, 1.807) is 13.3 Å². The summed E-state index contributed by atoms with van der Waals surface area (Å²) >= 11 is 5.96. The zero-order valence-corrected chi connectivity index (χ0v) is 14.9. The van der Waals surface area contributed by atoms with Crippen molar-refractivity contribution in [3.8, 4) is 0 Å². The first-order valence-corrected chi connectivity index (χ1v) is 8.31. The molecule has 0 saturated heterocycles. The van der Waals surface area contributed by atoms with Crippen molar-refractivity contribution in [2.24, 2.45) is 0 Å². The van der Waals surface area contributed by atoms with Gasteiger partial charge in [-0.05, 0) is 25.4 Å². The fraction of sp³-hybridized carbons (Fsp3) is 0.312. The summed E-state index contributed by atoms with van der Waals surface area (Å²) in [4.78, 5) is 20.4. The molecule has 136 valence electrons. The third kappa shape index (κ3) is 4.29. The highest BCUT2D eigenvalue weighted by molar-refractivity contribution is 6.28. The Balaban J connectivity index is 1.78. The van der Waals surface area contributed by atoms with Crippen LogP contribution in [0.3, 0.4) is 0 Å². The molecule has 0 radical (unpaired) electrons. The average molecular weight is 380 g/mol. The molecule has 3 aromatic rings. The van der Waals surface area contributed by atoms with Crippen LogP contribution in [0.15, 0.2) is 24.8 Å². The minimum Gasteiger partial charge on any atom is -0.346 e. The summed E-state index contributed by atoms with van der Waals surface area (Å²) in [6.07, 6.45) is 4.95. The van der Waals surface area contributed by atoms with E-state index in [4.69, 9.17) is 11.6 Å². The maximum atomic E-state index is 13.9. The molecule has 3 rings (SSSR count). The summed E-state index contributed by atoms with van der Waals surface area (Å²) in [6.45, 7) is 4.48. The Morgan fingerprint density at radius 2 is 2.04 bits per heavy atom. The molecule has 0 saturated carbocycles. The van der Waals surface area contributed by atoms with Gasteiger partial charge in [0.2, 0.25) is 11.2 Å². The van der Waals surface area contributed by atoms with Crippen LogP contribution in [-0.2, 0) is 13.0 Å². The van der Waals surface area contributed by atoms with Gasteiger partial charge in [-0.3, -0.25) is 4.98 Å². The summed E-state index contributed by atoms with van der Waals surface area (Å²) in [7, 11) is 0. The van der Waals surface area contributed by atoms with Gasteiger partial charge in [0.1, 0.15) is 17.5 Å². The number of rotatable bonds is 6. The molecule has 3 aromatic heterocycles. The van der Waals surface area contributed by atoms with E-state index in [1.165, 1.54) is 0 Å². The zero-order valence-electron chi connectivity index (χ0n) is 14.1. The topological polar surface area (TPSA) is 81.4 Å². The molecule has 0 spiro atoms. The number of halogens is 3. The monoisotopic (exact) mass is 379 g/mol. The van der Waals surface area contributed by atoms with Gasteiger partial charge in [0.25, 0.3) is 0 Å². The van der Waals surface area contributed by atoms with E-state index in [2.05, 4.69) is 30.2 Å². The van der Waals surface area contributed by atoms with Crippen molar-refractivity contribution < 1.29 is 8.78 Å². The van der Waals surface area contributed by atoms with Crippen molar-refractivity contribution in [1.29, 1.82) is 0 Å². The smallest absolute Gasteiger partial charge is 0.227 e. The molecule has 0 fully saturated rings. The van der Waals surface area contributed by atoms with Gasteiger partial charge >= 0.3 is 0 Å². The molecule has 1 N–H and O–H groups in total. The minimum atomic E-state index is -0.754. The molecular formula is C16H16ClF2N7. The number of hydrogen-bond acceptors (Lipinski definition) is 6. The highest BCUT2D eigenvalue weighted by Gasteiger charge is 2.16. The largest absolute Gasteiger partial charge is 0.346 e. The van der Waals surface area contributed by atoms with Gasteiger partial charge in [-0.15, -0.1) is 0 Å². The second-order valence-corrected chi connectivity index (χ2v) is 5.94. The Kier molecular flexibility index (Phi) is 5.36. The summed E-state index contributed by atoms with van der Waals surface area (Å²) in [5, 5.41) is 2.91. The van der Waals surface area contributed by atoms with Gasteiger partial charge in [-0.2, -0.15) is 9.97 Å². The Bertz CT molecular complexity index is 915. The number of pyridine rings is 1. The number of imidazole rings is 1. The van der Waals surface area contributed by atoms with Crippen molar-refractivity contribution in [2.75, 3.05) is 5.32 Å². The Morgan fingerprint density at radius 3 is 2.73 bits per heavy atom. The number of aromatic nitrogens is 6. The molecule has 0 aliphatic carbocycles. The van der Waals surface area contributed by atoms with Crippen LogP contribution in [0.4, 0.5) is 14.7 Å². The summed E-state index contributed by atoms with van der Waals surface area (Å²) in [5.74, 6) is -0.896. The van der Waals surface area contributed by atoms with E-state index in [9.17, 15) is 8.78 Å². The van der Waals surface area contributed by atoms with E-state index in [-0.39, 0.29) is 16.9 Å². The predicted molar refractivity (Wildman–Crippen MR) is 91.7 cm³/mol. The second kappa shape index (κ2) is 7.69. The van der Waals surface area contributed by atoms with Crippen molar-refractivity contribution in [3.63, 3.8) is 0 Å². The van der Waals surface area contributed by atoms with Crippen LogP contribution in [0, 0.1) is 11.6 Å². The Labute approximate surface area is 153 Å². The number of nitrogens with zero attached hydrogens (tertiary/aromatic N) is 6. The number of hydrogen-bond donors (Lipinski definition) is 1. The molecule has 0 amide bonds. The predicted octanol–water partition coefficient (Wildman–Crippen LogP) is 3.18. The fourth-order valence-electron chi connectivity index (χ4n) is 2.37. The molecule has 0 aromatic carbocycles. The minimum absolute atomic E-state index is 0.00663. The zero-order chi connectivity index (χ0) is 18.7. The molecule has 7 nitrogen and oxygen atoms in total. The summed E-state index contributed by atoms with van der Waals surface area (Å²) < 4.78 is 28.8. The normalized spacial score (nSPS) is 12.2. The molecular weight excluding hydrogens is 364 g/mol. The highest BCUT2D eigenvalue weighted by Crippen LogP contribution is 2.19. The standard InChI is InChI=1S/C16H16ClF2N7/c1-3-26-7-11(21-8-26)5-13-23-15(17)25-16(24-13)22-9(2)14-12(19)4-10(18)6-20-14/h4,6-9H,3,5H2,1-2H3,(H,22,23,24,25)/t9-/m0/s1. The maximum Gasteiger partial charge on any atom is 0.227 e. The highest BCUT2D eigenvalue weighted by atomic mass is 35.5. The van der Waals surface area contributed by atoms with Crippen LogP contribution in [0.2, 0.25) is 5.28 Å². The van der Waals surface area contributed by atoms with Crippen LogP contribution >= 0.6 is 11.6 Å². The van der Waals surface area contributed by atoms with Gasteiger partial charge < -0.3 is 9.88 Å². The van der Waals surface area contributed by atoms with Crippen molar-refractivity contribution >= 4 is 17.5 Å². The first-order chi connectivity index (χ1) is 12.4.